The molecular formula is C17H15Cl2NO4. The van der Waals surface area contributed by atoms with Crippen molar-refractivity contribution < 1.29 is 19.1 Å². The van der Waals surface area contributed by atoms with Gasteiger partial charge in [0, 0.05) is 15.7 Å². The molecule has 2 rings (SSSR count). The van der Waals surface area contributed by atoms with Crippen molar-refractivity contribution in [3.05, 3.63) is 57.6 Å². The van der Waals surface area contributed by atoms with E-state index < -0.39 is 5.97 Å². The molecule has 24 heavy (non-hydrogen) atoms. The van der Waals surface area contributed by atoms with Crippen LogP contribution in [0.2, 0.25) is 10.0 Å². The second kappa shape index (κ2) is 8.04. The predicted molar refractivity (Wildman–Crippen MR) is 93.1 cm³/mol. The maximum Gasteiger partial charge on any atom is 0.337 e. The van der Waals surface area contributed by atoms with Crippen LogP contribution in [0, 0.1) is 6.92 Å². The Morgan fingerprint density at radius 2 is 1.75 bits per heavy atom. The summed E-state index contributed by atoms with van der Waals surface area (Å²) in [5.74, 6) is -0.464. The highest BCUT2D eigenvalue weighted by Crippen LogP contribution is 2.24. The van der Waals surface area contributed by atoms with Crippen molar-refractivity contribution in [3.8, 4) is 5.75 Å². The zero-order chi connectivity index (χ0) is 17.7. The second-order valence-electron chi connectivity index (χ2n) is 4.96. The molecule has 1 amide bonds. The number of benzene rings is 2. The Bertz CT molecular complexity index is 757. The summed E-state index contributed by atoms with van der Waals surface area (Å²) in [6.07, 6.45) is 0. The molecule has 5 nitrogen and oxygen atoms in total. The number of amides is 1. The van der Waals surface area contributed by atoms with Crippen molar-refractivity contribution in [1.82, 2.24) is 0 Å². The maximum atomic E-state index is 12.0. The minimum absolute atomic E-state index is 0.224. The van der Waals surface area contributed by atoms with Crippen molar-refractivity contribution in [3.63, 3.8) is 0 Å². The van der Waals surface area contributed by atoms with Crippen LogP contribution < -0.4 is 10.1 Å². The first kappa shape index (κ1) is 18.1. The fraction of sp³-hybridized carbons (Fsp3) is 0.176. The summed E-state index contributed by atoms with van der Waals surface area (Å²) >= 11 is 11.7. The number of aryl methyl sites for hydroxylation is 1. The van der Waals surface area contributed by atoms with Gasteiger partial charge in [-0.2, -0.15) is 0 Å². The lowest BCUT2D eigenvalue weighted by Gasteiger charge is -2.11. The van der Waals surface area contributed by atoms with E-state index in [-0.39, 0.29) is 12.5 Å². The summed E-state index contributed by atoms with van der Waals surface area (Å²) in [6, 6.07) is 9.58. The van der Waals surface area contributed by atoms with Gasteiger partial charge >= 0.3 is 5.97 Å². The number of esters is 1. The summed E-state index contributed by atoms with van der Waals surface area (Å²) in [6.45, 7) is 1.59. The van der Waals surface area contributed by atoms with Crippen LogP contribution in [0.25, 0.3) is 0 Å². The SMILES string of the molecule is COC(=O)c1ccc(C)c(NC(=O)COc2cc(Cl)cc(Cl)c2)c1. The highest BCUT2D eigenvalue weighted by atomic mass is 35.5. The Kier molecular flexibility index (Phi) is 6.06. The number of ether oxygens (including phenoxy) is 2. The van der Waals surface area contributed by atoms with Gasteiger partial charge in [-0.05, 0) is 42.8 Å². The van der Waals surface area contributed by atoms with Gasteiger partial charge in [-0.25, -0.2) is 4.79 Å². The largest absolute Gasteiger partial charge is 0.484 e. The monoisotopic (exact) mass is 367 g/mol. The molecule has 0 bridgehead atoms. The zero-order valence-corrected chi connectivity index (χ0v) is 14.6. The number of hydrogen-bond acceptors (Lipinski definition) is 4. The standard InChI is InChI=1S/C17H15Cl2NO4/c1-10-3-4-11(17(22)23-2)5-15(10)20-16(21)9-24-14-7-12(18)6-13(19)8-14/h3-8H,9H2,1-2H3,(H,20,21). The Labute approximate surface area is 149 Å². The van der Waals surface area contributed by atoms with Gasteiger partial charge in [-0.3, -0.25) is 4.79 Å². The van der Waals surface area contributed by atoms with Crippen LogP contribution in [-0.4, -0.2) is 25.6 Å². The Hall–Kier alpha value is -2.24. The molecule has 0 heterocycles. The number of carbonyl (C=O) groups excluding carboxylic acids is 2. The average molecular weight is 368 g/mol. The molecule has 0 unspecified atom stereocenters. The highest BCUT2D eigenvalue weighted by molar-refractivity contribution is 6.34. The molecule has 0 atom stereocenters. The van der Waals surface area contributed by atoms with E-state index in [1.165, 1.54) is 7.11 Å². The zero-order valence-electron chi connectivity index (χ0n) is 13.1. The van der Waals surface area contributed by atoms with Crippen molar-refractivity contribution in [2.45, 2.75) is 6.92 Å². The van der Waals surface area contributed by atoms with Gasteiger partial charge in [0.2, 0.25) is 0 Å². The lowest BCUT2D eigenvalue weighted by molar-refractivity contribution is -0.118. The van der Waals surface area contributed by atoms with Gasteiger partial charge in [-0.1, -0.05) is 29.3 Å². The van der Waals surface area contributed by atoms with E-state index in [1.807, 2.05) is 6.92 Å². The van der Waals surface area contributed by atoms with E-state index in [9.17, 15) is 9.59 Å². The summed E-state index contributed by atoms with van der Waals surface area (Å²) in [5.41, 5.74) is 1.67. The molecule has 0 saturated carbocycles. The lowest BCUT2D eigenvalue weighted by Crippen LogP contribution is -2.21. The summed E-state index contributed by atoms with van der Waals surface area (Å²) in [7, 11) is 1.30. The van der Waals surface area contributed by atoms with Gasteiger partial charge < -0.3 is 14.8 Å². The molecule has 0 saturated heterocycles. The van der Waals surface area contributed by atoms with Gasteiger partial charge in [0.1, 0.15) is 5.75 Å². The topological polar surface area (TPSA) is 64.6 Å². The molecule has 0 fully saturated rings. The van der Waals surface area contributed by atoms with E-state index in [0.717, 1.165) is 5.56 Å². The Morgan fingerprint density at radius 3 is 2.38 bits per heavy atom. The molecule has 0 aliphatic rings. The van der Waals surface area contributed by atoms with E-state index in [1.54, 1.807) is 36.4 Å². The molecule has 2 aromatic rings. The number of halogens is 2. The molecule has 1 N–H and O–H groups in total. The van der Waals surface area contributed by atoms with E-state index in [0.29, 0.717) is 27.0 Å². The van der Waals surface area contributed by atoms with Crippen LogP contribution in [0.1, 0.15) is 15.9 Å². The minimum atomic E-state index is -0.477. The second-order valence-corrected chi connectivity index (χ2v) is 5.84. The quantitative estimate of drug-likeness (QED) is 0.807. The van der Waals surface area contributed by atoms with Gasteiger partial charge in [0.15, 0.2) is 6.61 Å². The van der Waals surface area contributed by atoms with Crippen molar-refractivity contribution in [2.75, 3.05) is 19.0 Å². The molecule has 126 valence electrons. The van der Waals surface area contributed by atoms with Gasteiger partial charge in [0.05, 0.1) is 12.7 Å². The molecule has 2 aromatic carbocycles. The third-order valence-corrected chi connectivity index (χ3v) is 3.58. The smallest absolute Gasteiger partial charge is 0.337 e. The normalized spacial score (nSPS) is 10.2. The first-order valence-electron chi connectivity index (χ1n) is 6.97. The van der Waals surface area contributed by atoms with E-state index in [4.69, 9.17) is 27.9 Å². The summed E-state index contributed by atoms with van der Waals surface area (Å²) in [4.78, 5) is 23.6. The fourth-order valence-electron chi connectivity index (χ4n) is 1.95. The van der Waals surface area contributed by atoms with Gasteiger partial charge in [-0.15, -0.1) is 0 Å². The van der Waals surface area contributed by atoms with Crippen LogP contribution in [0.4, 0.5) is 5.69 Å². The first-order chi connectivity index (χ1) is 11.4. The van der Waals surface area contributed by atoms with Crippen LogP contribution in [0.5, 0.6) is 5.75 Å². The minimum Gasteiger partial charge on any atom is -0.484 e. The van der Waals surface area contributed by atoms with Crippen LogP contribution in [0.3, 0.4) is 0 Å². The van der Waals surface area contributed by atoms with Crippen molar-refractivity contribution in [2.24, 2.45) is 0 Å². The third kappa shape index (κ3) is 4.88. The number of methoxy groups -OCH3 is 1. The highest BCUT2D eigenvalue weighted by Gasteiger charge is 2.11. The van der Waals surface area contributed by atoms with Crippen LogP contribution >= 0.6 is 23.2 Å². The van der Waals surface area contributed by atoms with Crippen molar-refractivity contribution in [1.29, 1.82) is 0 Å². The summed E-state index contributed by atoms with van der Waals surface area (Å²) < 4.78 is 10.0. The Balaban J connectivity index is 2.03. The predicted octanol–water partition coefficient (Wildman–Crippen LogP) is 4.11. The van der Waals surface area contributed by atoms with Gasteiger partial charge in [0.25, 0.3) is 5.91 Å². The third-order valence-electron chi connectivity index (χ3n) is 3.14. The van der Waals surface area contributed by atoms with Crippen molar-refractivity contribution >= 4 is 40.8 Å². The number of nitrogens with one attached hydrogen (secondary N) is 1. The Morgan fingerprint density at radius 1 is 1.08 bits per heavy atom. The fourth-order valence-corrected chi connectivity index (χ4v) is 2.45. The molecular weight excluding hydrogens is 353 g/mol. The van der Waals surface area contributed by atoms with Crippen LogP contribution in [0.15, 0.2) is 36.4 Å². The molecule has 0 aromatic heterocycles. The molecule has 0 radical (unpaired) electrons. The first-order valence-corrected chi connectivity index (χ1v) is 7.72. The maximum absolute atomic E-state index is 12.0. The molecule has 0 spiro atoms. The lowest BCUT2D eigenvalue weighted by atomic mass is 10.1. The van der Waals surface area contributed by atoms with E-state index in [2.05, 4.69) is 10.1 Å². The number of rotatable bonds is 5. The number of carbonyl (C=O) groups is 2. The van der Waals surface area contributed by atoms with E-state index >= 15 is 0 Å². The number of anilines is 1. The van der Waals surface area contributed by atoms with Crippen LogP contribution in [-0.2, 0) is 9.53 Å². The average Bonchev–Trinajstić information content (AvgIpc) is 2.53. The molecule has 0 aliphatic heterocycles. The number of hydrogen-bond donors (Lipinski definition) is 1. The summed E-state index contributed by atoms with van der Waals surface area (Å²) in [5, 5.41) is 3.52. The molecule has 7 heteroatoms. The molecule has 0 aliphatic carbocycles.